The minimum Gasteiger partial charge on any atom is -0.342 e. The molecular weight excluding hydrogens is 254 g/mol. The molecule has 0 atom stereocenters. The minimum absolute atomic E-state index is 0.0564. The van der Waals surface area contributed by atoms with Gasteiger partial charge in [-0.1, -0.05) is 17.3 Å². The molecule has 20 heavy (non-hydrogen) atoms. The molecule has 0 radical (unpaired) electrons. The third-order valence-corrected chi connectivity index (χ3v) is 3.93. The van der Waals surface area contributed by atoms with E-state index in [0.29, 0.717) is 24.7 Å². The summed E-state index contributed by atoms with van der Waals surface area (Å²) in [6.07, 6.45) is 2.62. The molecule has 3 N–H and O–H groups in total. The van der Waals surface area contributed by atoms with Gasteiger partial charge in [-0.3, -0.25) is 0 Å². The van der Waals surface area contributed by atoms with E-state index in [2.05, 4.69) is 20.1 Å². The maximum absolute atomic E-state index is 5.77. The van der Waals surface area contributed by atoms with Gasteiger partial charge < -0.3 is 15.2 Å². The molecule has 4 rings (SSSR count). The molecule has 1 fully saturated rings. The van der Waals surface area contributed by atoms with Gasteiger partial charge in [0, 0.05) is 6.54 Å². The summed E-state index contributed by atoms with van der Waals surface area (Å²) in [5.41, 5.74) is 7.68. The Labute approximate surface area is 115 Å². The van der Waals surface area contributed by atoms with Gasteiger partial charge in [0.25, 0.3) is 0 Å². The molecule has 1 aromatic carbocycles. The van der Waals surface area contributed by atoms with Crippen molar-refractivity contribution in [3.8, 4) is 0 Å². The Kier molecular flexibility index (Phi) is 2.40. The fourth-order valence-electron chi connectivity index (χ4n) is 2.44. The van der Waals surface area contributed by atoms with Crippen LogP contribution in [0.2, 0.25) is 0 Å². The third-order valence-electron chi connectivity index (χ3n) is 3.93. The molecule has 0 unspecified atom stereocenters. The fourth-order valence-corrected chi connectivity index (χ4v) is 2.44. The van der Waals surface area contributed by atoms with E-state index in [0.717, 1.165) is 29.7 Å². The zero-order valence-corrected chi connectivity index (χ0v) is 11.0. The van der Waals surface area contributed by atoms with Crippen molar-refractivity contribution in [1.29, 1.82) is 0 Å². The van der Waals surface area contributed by atoms with Crippen LogP contribution in [0.4, 0.5) is 0 Å². The first kappa shape index (κ1) is 11.6. The zero-order valence-electron chi connectivity index (χ0n) is 11.0. The van der Waals surface area contributed by atoms with E-state index in [9.17, 15) is 0 Å². The van der Waals surface area contributed by atoms with Crippen molar-refractivity contribution in [3.63, 3.8) is 0 Å². The highest BCUT2D eigenvalue weighted by atomic mass is 16.5. The van der Waals surface area contributed by atoms with Crippen LogP contribution in [0, 0.1) is 0 Å². The average molecular weight is 269 g/mol. The normalized spacial score (nSPS) is 16.6. The molecule has 0 spiro atoms. The highest BCUT2D eigenvalue weighted by Crippen LogP contribution is 2.46. The predicted molar refractivity (Wildman–Crippen MR) is 73.2 cm³/mol. The summed E-state index contributed by atoms with van der Waals surface area (Å²) in [7, 11) is 0. The molecule has 0 saturated heterocycles. The zero-order chi connectivity index (χ0) is 13.6. The summed E-state index contributed by atoms with van der Waals surface area (Å²) < 4.78 is 5.35. The molecule has 6 heteroatoms. The lowest BCUT2D eigenvalue weighted by atomic mass is 10.1. The smallest absolute Gasteiger partial charge is 0.234 e. The summed E-state index contributed by atoms with van der Waals surface area (Å²) >= 11 is 0. The Morgan fingerprint density at radius 3 is 2.85 bits per heavy atom. The van der Waals surface area contributed by atoms with Gasteiger partial charge in [0.15, 0.2) is 5.82 Å². The molecular formula is C14H15N5O. The van der Waals surface area contributed by atoms with Crippen LogP contribution in [0.1, 0.15) is 30.4 Å². The first-order valence-electron chi connectivity index (χ1n) is 6.76. The lowest BCUT2D eigenvalue weighted by molar-refractivity contribution is 0.344. The van der Waals surface area contributed by atoms with Gasteiger partial charge in [0.05, 0.1) is 22.9 Å². The first-order valence-corrected chi connectivity index (χ1v) is 6.76. The molecule has 1 saturated carbocycles. The molecule has 0 bridgehead atoms. The van der Waals surface area contributed by atoms with Crippen molar-refractivity contribution in [2.45, 2.75) is 24.7 Å². The number of fused-ring (bicyclic) bond motifs is 1. The first-order chi connectivity index (χ1) is 9.79. The average Bonchev–Trinajstić information content (AvgIpc) is 2.94. The molecule has 1 aliphatic rings. The van der Waals surface area contributed by atoms with Gasteiger partial charge in [-0.2, -0.15) is 4.98 Å². The number of rotatable bonds is 4. The van der Waals surface area contributed by atoms with Crippen molar-refractivity contribution < 1.29 is 4.52 Å². The maximum Gasteiger partial charge on any atom is 0.234 e. The monoisotopic (exact) mass is 269 g/mol. The highest BCUT2D eigenvalue weighted by molar-refractivity contribution is 5.74. The number of para-hydroxylation sites is 2. The summed E-state index contributed by atoms with van der Waals surface area (Å²) in [5.74, 6) is 2.17. The van der Waals surface area contributed by atoms with Crippen LogP contribution in [0.25, 0.3) is 11.0 Å². The second-order valence-electron chi connectivity index (χ2n) is 5.38. The third kappa shape index (κ3) is 1.80. The molecule has 6 nitrogen and oxygen atoms in total. The van der Waals surface area contributed by atoms with E-state index < -0.39 is 0 Å². The van der Waals surface area contributed by atoms with Crippen LogP contribution in [0.5, 0.6) is 0 Å². The van der Waals surface area contributed by atoms with Crippen LogP contribution >= 0.6 is 0 Å². The summed E-state index contributed by atoms with van der Waals surface area (Å²) in [6.45, 7) is 0.569. The quantitative estimate of drug-likeness (QED) is 0.749. The Balaban J connectivity index is 1.59. The van der Waals surface area contributed by atoms with Gasteiger partial charge >= 0.3 is 0 Å². The van der Waals surface area contributed by atoms with E-state index in [1.54, 1.807) is 0 Å². The number of benzene rings is 1. The molecule has 0 aliphatic heterocycles. The van der Waals surface area contributed by atoms with E-state index in [4.69, 9.17) is 10.3 Å². The SMILES string of the molecule is NCC1(c2nc(Cc3nc4ccccc4[nH]3)no2)CC1. The number of nitrogens with one attached hydrogen (secondary N) is 1. The van der Waals surface area contributed by atoms with Crippen molar-refractivity contribution in [2.24, 2.45) is 5.73 Å². The maximum atomic E-state index is 5.77. The minimum atomic E-state index is -0.0564. The highest BCUT2D eigenvalue weighted by Gasteiger charge is 2.48. The largest absolute Gasteiger partial charge is 0.342 e. The Morgan fingerprint density at radius 2 is 2.10 bits per heavy atom. The lowest BCUT2D eigenvalue weighted by Crippen LogP contribution is -2.20. The summed E-state index contributed by atoms with van der Waals surface area (Å²) in [4.78, 5) is 12.2. The topological polar surface area (TPSA) is 93.6 Å². The van der Waals surface area contributed by atoms with Crippen LogP contribution in [-0.4, -0.2) is 26.7 Å². The van der Waals surface area contributed by atoms with Crippen LogP contribution < -0.4 is 5.73 Å². The van der Waals surface area contributed by atoms with Gasteiger partial charge in [-0.25, -0.2) is 4.98 Å². The predicted octanol–water partition coefficient (Wildman–Crippen LogP) is 1.53. The summed E-state index contributed by atoms with van der Waals surface area (Å²) in [5, 5.41) is 4.03. The molecule has 2 heterocycles. The van der Waals surface area contributed by atoms with E-state index in [-0.39, 0.29) is 5.41 Å². The van der Waals surface area contributed by atoms with Gasteiger partial charge in [-0.15, -0.1) is 0 Å². The number of aromatic nitrogens is 4. The van der Waals surface area contributed by atoms with Gasteiger partial charge in [0.2, 0.25) is 5.89 Å². The number of H-pyrrole nitrogens is 1. The molecule has 0 amide bonds. The van der Waals surface area contributed by atoms with Crippen LogP contribution in [0.15, 0.2) is 28.8 Å². The van der Waals surface area contributed by atoms with E-state index >= 15 is 0 Å². The van der Waals surface area contributed by atoms with Crippen molar-refractivity contribution in [2.75, 3.05) is 6.54 Å². The molecule has 3 aromatic rings. The fraction of sp³-hybridized carbons (Fsp3) is 0.357. The number of hydrogen-bond acceptors (Lipinski definition) is 5. The number of hydrogen-bond donors (Lipinski definition) is 2. The van der Waals surface area contributed by atoms with E-state index in [1.807, 2.05) is 24.3 Å². The molecule has 2 aromatic heterocycles. The van der Waals surface area contributed by atoms with Gasteiger partial charge in [-0.05, 0) is 25.0 Å². The number of aromatic amines is 1. The van der Waals surface area contributed by atoms with Crippen molar-refractivity contribution >= 4 is 11.0 Å². The van der Waals surface area contributed by atoms with Crippen LogP contribution in [0.3, 0.4) is 0 Å². The number of nitrogens with two attached hydrogens (primary N) is 1. The Bertz CT molecular complexity index is 723. The Morgan fingerprint density at radius 1 is 1.25 bits per heavy atom. The van der Waals surface area contributed by atoms with Gasteiger partial charge in [0.1, 0.15) is 5.82 Å². The number of imidazole rings is 1. The van der Waals surface area contributed by atoms with E-state index in [1.165, 1.54) is 0 Å². The number of nitrogens with zero attached hydrogens (tertiary/aromatic N) is 3. The standard InChI is InChI=1S/C14H15N5O/c15-8-14(5-6-14)13-18-12(19-20-13)7-11-16-9-3-1-2-4-10(9)17-11/h1-4H,5-8,15H2,(H,16,17). The summed E-state index contributed by atoms with van der Waals surface area (Å²) in [6, 6.07) is 7.93. The molecule has 102 valence electrons. The van der Waals surface area contributed by atoms with Crippen LogP contribution in [-0.2, 0) is 11.8 Å². The van der Waals surface area contributed by atoms with Crippen molar-refractivity contribution in [1.82, 2.24) is 20.1 Å². The Hall–Kier alpha value is -2.21. The van der Waals surface area contributed by atoms with Crippen molar-refractivity contribution in [3.05, 3.63) is 41.8 Å². The molecule has 1 aliphatic carbocycles. The second-order valence-corrected chi connectivity index (χ2v) is 5.38. The second kappa shape index (κ2) is 4.14. The lowest BCUT2D eigenvalue weighted by Gasteiger charge is -2.03.